The largest absolute Gasteiger partial charge is 0.327 e. The van der Waals surface area contributed by atoms with Crippen molar-refractivity contribution >= 4 is 22.4 Å². The van der Waals surface area contributed by atoms with Gasteiger partial charge in [0.25, 0.3) is 0 Å². The Balaban J connectivity index is 1.86. The lowest BCUT2D eigenvalue weighted by Gasteiger charge is -2.13. The minimum absolute atomic E-state index is 0.0435. The first-order valence-corrected chi connectivity index (χ1v) is 7.39. The van der Waals surface area contributed by atoms with Crippen molar-refractivity contribution in [1.82, 2.24) is 4.98 Å². The molecule has 0 aliphatic heterocycles. The number of carbonyl (C=O) groups excluding carboxylic acids is 1. The van der Waals surface area contributed by atoms with Crippen molar-refractivity contribution in [2.45, 2.75) is 51.5 Å². The van der Waals surface area contributed by atoms with Gasteiger partial charge in [-0.15, -0.1) is 11.3 Å². The predicted molar refractivity (Wildman–Crippen MR) is 74.8 cm³/mol. The van der Waals surface area contributed by atoms with Crippen LogP contribution >= 0.6 is 11.3 Å². The Hall–Kier alpha value is -0.940. The van der Waals surface area contributed by atoms with Crippen LogP contribution in [0.5, 0.6) is 0 Å². The third-order valence-electron chi connectivity index (χ3n) is 3.50. The molecule has 2 atom stereocenters. The summed E-state index contributed by atoms with van der Waals surface area (Å²) < 4.78 is 0. The third-order valence-corrected chi connectivity index (χ3v) is 4.72. The number of nitrogens with zero attached hydrogens (tertiary/aromatic N) is 1. The first-order valence-electron chi connectivity index (χ1n) is 6.57. The van der Waals surface area contributed by atoms with Crippen LogP contribution in [-0.4, -0.2) is 16.9 Å². The van der Waals surface area contributed by atoms with Crippen molar-refractivity contribution in [3.8, 4) is 0 Å². The zero-order valence-corrected chi connectivity index (χ0v) is 11.8. The Labute approximate surface area is 112 Å². The number of thiazole rings is 1. The van der Waals surface area contributed by atoms with Gasteiger partial charge in [-0.1, -0.05) is 20.3 Å². The number of hydrogen-bond donors (Lipinski definition) is 2. The molecule has 3 N–H and O–H groups in total. The van der Waals surface area contributed by atoms with E-state index >= 15 is 0 Å². The number of anilines is 1. The SMILES string of the molecule is CC(C)c1cnc(NC(=O)C[C@@H]2CCC[C@H]2N)s1. The van der Waals surface area contributed by atoms with Crippen LogP contribution in [0.1, 0.15) is 50.3 Å². The molecule has 1 heterocycles. The molecular formula is C13H21N3OS. The lowest BCUT2D eigenvalue weighted by molar-refractivity contribution is -0.117. The fraction of sp³-hybridized carbons (Fsp3) is 0.692. The van der Waals surface area contributed by atoms with Crippen molar-refractivity contribution in [2.24, 2.45) is 11.7 Å². The Bertz CT molecular complexity index is 416. The molecule has 18 heavy (non-hydrogen) atoms. The van der Waals surface area contributed by atoms with Gasteiger partial charge in [-0.25, -0.2) is 4.98 Å². The predicted octanol–water partition coefficient (Wildman–Crippen LogP) is 2.72. The zero-order valence-electron chi connectivity index (χ0n) is 11.0. The van der Waals surface area contributed by atoms with E-state index in [1.54, 1.807) is 11.3 Å². The number of rotatable bonds is 4. The van der Waals surface area contributed by atoms with Gasteiger partial charge in [-0.2, -0.15) is 0 Å². The highest BCUT2D eigenvalue weighted by Crippen LogP contribution is 2.28. The second kappa shape index (κ2) is 5.80. The summed E-state index contributed by atoms with van der Waals surface area (Å²) in [5.41, 5.74) is 5.97. The zero-order chi connectivity index (χ0) is 13.1. The molecule has 5 heteroatoms. The average Bonchev–Trinajstić information content (AvgIpc) is 2.89. The van der Waals surface area contributed by atoms with Crippen LogP contribution in [0.25, 0.3) is 0 Å². The van der Waals surface area contributed by atoms with Crippen LogP contribution in [0.4, 0.5) is 5.13 Å². The van der Waals surface area contributed by atoms with E-state index in [1.807, 2.05) is 6.20 Å². The average molecular weight is 267 g/mol. The van der Waals surface area contributed by atoms with E-state index in [0.29, 0.717) is 23.4 Å². The van der Waals surface area contributed by atoms with Gasteiger partial charge in [0, 0.05) is 23.5 Å². The molecule has 100 valence electrons. The number of amides is 1. The third kappa shape index (κ3) is 3.29. The van der Waals surface area contributed by atoms with E-state index in [2.05, 4.69) is 24.1 Å². The normalized spacial score (nSPS) is 23.6. The number of nitrogens with one attached hydrogen (secondary N) is 1. The van der Waals surface area contributed by atoms with Crippen molar-refractivity contribution in [1.29, 1.82) is 0 Å². The van der Waals surface area contributed by atoms with E-state index in [-0.39, 0.29) is 11.9 Å². The lowest BCUT2D eigenvalue weighted by Crippen LogP contribution is -2.28. The molecule has 1 amide bonds. The summed E-state index contributed by atoms with van der Waals surface area (Å²) in [7, 11) is 0. The minimum Gasteiger partial charge on any atom is -0.327 e. The van der Waals surface area contributed by atoms with E-state index < -0.39 is 0 Å². The van der Waals surface area contributed by atoms with Crippen LogP contribution in [-0.2, 0) is 4.79 Å². The number of aromatic nitrogens is 1. The summed E-state index contributed by atoms with van der Waals surface area (Å²) in [4.78, 5) is 17.3. The molecule has 0 unspecified atom stereocenters. The molecule has 0 bridgehead atoms. The highest BCUT2D eigenvalue weighted by atomic mass is 32.1. The van der Waals surface area contributed by atoms with Gasteiger partial charge in [0.05, 0.1) is 0 Å². The lowest BCUT2D eigenvalue weighted by atomic mass is 10.00. The molecule has 0 aromatic carbocycles. The highest BCUT2D eigenvalue weighted by Gasteiger charge is 2.26. The van der Waals surface area contributed by atoms with Gasteiger partial charge in [0.15, 0.2) is 5.13 Å². The number of carbonyl (C=O) groups is 1. The molecule has 1 aromatic rings. The van der Waals surface area contributed by atoms with Crippen LogP contribution < -0.4 is 11.1 Å². The van der Waals surface area contributed by atoms with E-state index in [4.69, 9.17) is 5.73 Å². The van der Waals surface area contributed by atoms with Gasteiger partial charge >= 0.3 is 0 Å². The van der Waals surface area contributed by atoms with Gasteiger partial charge in [-0.3, -0.25) is 4.79 Å². The maximum atomic E-state index is 11.9. The van der Waals surface area contributed by atoms with Crippen molar-refractivity contribution in [3.05, 3.63) is 11.1 Å². The molecular weight excluding hydrogens is 246 g/mol. The Kier molecular flexibility index (Phi) is 4.35. The Morgan fingerprint density at radius 3 is 2.94 bits per heavy atom. The summed E-state index contributed by atoms with van der Waals surface area (Å²) >= 11 is 1.55. The molecule has 1 fully saturated rings. The maximum Gasteiger partial charge on any atom is 0.226 e. The monoisotopic (exact) mass is 267 g/mol. The molecule has 1 saturated carbocycles. The summed E-state index contributed by atoms with van der Waals surface area (Å²) in [6.45, 7) is 4.24. The summed E-state index contributed by atoms with van der Waals surface area (Å²) in [5.74, 6) is 0.841. The van der Waals surface area contributed by atoms with Gasteiger partial charge in [0.2, 0.25) is 5.91 Å². The molecule has 2 rings (SSSR count). The topological polar surface area (TPSA) is 68.0 Å². The fourth-order valence-electron chi connectivity index (χ4n) is 2.34. The van der Waals surface area contributed by atoms with Crippen molar-refractivity contribution < 1.29 is 4.79 Å². The minimum atomic E-state index is 0.0435. The highest BCUT2D eigenvalue weighted by molar-refractivity contribution is 7.15. The van der Waals surface area contributed by atoms with Crippen LogP contribution in [0.3, 0.4) is 0 Å². The molecule has 0 spiro atoms. The van der Waals surface area contributed by atoms with Crippen LogP contribution in [0.2, 0.25) is 0 Å². The van der Waals surface area contributed by atoms with Gasteiger partial charge in [-0.05, 0) is 24.7 Å². The molecule has 0 saturated heterocycles. The second-order valence-electron chi connectivity index (χ2n) is 5.33. The first-order chi connectivity index (χ1) is 8.56. The van der Waals surface area contributed by atoms with Crippen molar-refractivity contribution in [3.63, 3.8) is 0 Å². The molecule has 1 aliphatic carbocycles. The van der Waals surface area contributed by atoms with E-state index in [9.17, 15) is 4.79 Å². The molecule has 0 radical (unpaired) electrons. The number of hydrogen-bond acceptors (Lipinski definition) is 4. The number of nitrogens with two attached hydrogens (primary N) is 1. The maximum absolute atomic E-state index is 11.9. The molecule has 4 nitrogen and oxygen atoms in total. The summed E-state index contributed by atoms with van der Waals surface area (Å²) in [6.07, 6.45) is 5.63. The van der Waals surface area contributed by atoms with Crippen LogP contribution in [0.15, 0.2) is 6.20 Å². The van der Waals surface area contributed by atoms with Gasteiger partial charge < -0.3 is 11.1 Å². The second-order valence-corrected chi connectivity index (χ2v) is 6.39. The first kappa shape index (κ1) is 13.5. The van der Waals surface area contributed by atoms with Gasteiger partial charge in [0.1, 0.15) is 0 Å². The smallest absolute Gasteiger partial charge is 0.226 e. The quantitative estimate of drug-likeness (QED) is 0.881. The van der Waals surface area contributed by atoms with E-state index in [0.717, 1.165) is 19.3 Å². The van der Waals surface area contributed by atoms with Crippen molar-refractivity contribution in [2.75, 3.05) is 5.32 Å². The van der Waals surface area contributed by atoms with Crippen LogP contribution in [0, 0.1) is 5.92 Å². The molecule has 1 aliphatic rings. The summed E-state index contributed by atoms with van der Waals surface area (Å²) in [5, 5.41) is 3.58. The summed E-state index contributed by atoms with van der Waals surface area (Å²) in [6, 6.07) is 0.193. The standard InChI is InChI=1S/C13H21N3OS/c1-8(2)11-7-15-13(18-11)16-12(17)6-9-4-3-5-10(9)14/h7-10H,3-6,14H2,1-2H3,(H,15,16,17)/t9-,10+/m0/s1. The molecule has 1 aromatic heterocycles. The van der Waals surface area contributed by atoms with E-state index in [1.165, 1.54) is 4.88 Å². The Morgan fingerprint density at radius 1 is 1.61 bits per heavy atom. The Morgan fingerprint density at radius 2 is 2.39 bits per heavy atom. The fourth-order valence-corrected chi connectivity index (χ4v) is 3.17.